The molecule has 2 heterocycles. The molecule has 37 heavy (non-hydrogen) atoms. The molecule has 0 radical (unpaired) electrons. The average Bonchev–Trinajstić information content (AvgIpc) is 3.52. The fourth-order valence-corrected chi connectivity index (χ4v) is 5.81. The molecule has 0 saturated carbocycles. The number of fused-ring (bicyclic) bond motifs is 1. The maximum Gasteiger partial charge on any atom is 0.234 e. The van der Waals surface area contributed by atoms with Crippen LogP contribution in [0.15, 0.2) is 71.9 Å². The van der Waals surface area contributed by atoms with Crippen LogP contribution in [0.25, 0.3) is 32.2 Å². The molecule has 3 aromatic carbocycles. The smallest absolute Gasteiger partial charge is 0.234 e. The molecule has 9 heteroatoms. The third-order valence-corrected chi connectivity index (χ3v) is 7.78. The van der Waals surface area contributed by atoms with E-state index in [2.05, 4.69) is 40.6 Å². The number of hydrogen-bond donors (Lipinski definition) is 1. The van der Waals surface area contributed by atoms with E-state index in [0.29, 0.717) is 18.3 Å². The molecule has 0 aliphatic carbocycles. The van der Waals surface area contributed by atoms with E-state index in [9.17, 15) is 4.79 Å². The van der Waals surface area contributed by atoms with E-state index < -0.39 is 0 Å². The number of amides is 1. The van der Waals surface area contributed by atoms with Gasteiger partial charge in [0, 0.05) is 23.4 Å². The predicted octanol–water partition coefficient (Wildman–Crippen LogP) is 6.68. The van der Waals surface area contributed by atoms with Crippen LogP contribution in [0, 0.1) is 6.92 Å². The van der Waals surface area contributed by atoms with Crippen molar-refractivity contribution in [1.82, 2.24) is 19.7 Å². The summed E-state index contributed by atoms with van der Waals surface area (Å²) < 4.78 is 8.72. The van der Waals surface area contributed by atoms with Crippen LogP contribution in [-0.2, 0) is 11.3 Å². The van der Waals surface area contributed by atoms with Gasteiger partial charge in [-0.1, -0.05) is 17.8 Å². The number of nitrogens with one attached hydrogen (secondary N) is 1. The van der Waals surface area contributed by atoms with Crippen molar-refractivity contribution in [1.29, 1.82) is 0 Å². The molecule has 0 bridgehead atoms. The quantitative estimate of drug-likeness (QED) is 0.215. The Morgan fingerprint density at radius 2 is 1.76 bits per heavy atom. The monoisotopic (exact) mass is 529 g/mol. The van der Waals surface area contributed by atoms with Crippen LogP contribution in [0.2, 0.25) is 0 Å². The first-order chi connectivity index (χ1) is 18.0. The number of hydrogen-bond acceptors (Lipinski definition) is 7. The molecule has 0 spiro atoms. The fourth-order valence-electron chi connectivity index (χ4n) is 3.94. The highest BCUT2D eigenvalue weighted by Crippen LogP contribution is 2.31. The first-order valence-corrected chi connectivity index (χ1v) is 13.9. The second kappa shape index (κ2) is 11.1. The fraction of sp³-hybridized carbons (Fsp3) is 0.214. The van der Waals surface area contributed by atoms with E-state index in [4.69, 9.17) is 9.72 Å². The average molecular weight is 530 g/mol. The van der Waals surface area contributed by atoms with Crippen LogP contribution >= 0.6 is 23.1 Å². The highest BCUT2D eigenvalue weighted by Gasteiger charge is 2.15. The number of rotatable bonds is 9. The van der Waals surface area contributed by atoms with Gasteiger partial charge in [-0.3, -0.25) is 4.79 Å². The van der Waals surface area contributed by atoms with Gasteiger partial charge in [0.05, 0.1) is 22.6 Å². The first-order valence-electron chi connectivity index (χ1n) is 12.1. The molecule has 5 aromatic rings. The van der Waals surface area contributed by atoms with Gasteiger partial charge in [-0.25, -0.2) is 4.98 Å². The van der Waals surface area contributed by atoms with Gasteiger partial charge in [-0.2, -0.15) is 0 Å². The second-order valence-electron chi connectivity index (χ2n) is 8.41. The Kier molecular flexibility index (Phi) is 7.52. The van der Waals surface area contributed by atoms with Gasteiger partial charge in [0.25, 0.3) is 0 Å². The second-order valence-corrected chi connectivity index (χ2v) is 10.4. The number of benzene rings is 3. The summed E-state index contributed by atoms with van der Waals surface area (Å²) in [4.78, 5) is 17.4. The number of aryl methyl sites for hydroxylation is 1. The van der Waals surface area contributed by atoms with Gasteiger partial charge in [-0.05, 0) is 87.0 Å². The molecule has 188 valence electrons. The SMILES string of the molecule is CCOc1ccc(-c2nnc(SCC(=O)Nc3ccc(-c4nc5ccc(C)cc5s4)cc3)n2CC)cc1. The van der Waals surface area contributed by atoms with Crippen molar-refractivity contribution in [3.8, 4) is 27.7 Å². The zero-order valence-corrected chi connectivity index (χ0v) is 22.5. The van der Waals surface area contributed by atoms with Crippen LogP contribution in [-0.4, -0.2) is 38.0 Å². The normalized spacial score (nSPS) is 11.1. The van der Waals surface area contributed by atoms with Crippen LogP contribution in [0.5, 0.6) is 5.75 Å². The topological polar surface area (TPSA) is 81.9 Å². The van der Waals surface area contributed by atoms with Crippen molar-refractivity contribution in [3.05, 3.63) is 72.3 Å². The molecule has 0 unspecified atom stereocenters. The summed E-state index contributed by atoms with van der Waals surface area (Å²) in [6.45, 7) is 7.41. The Morgan fingerprint density at radius 1 is 1.00 bits per heavy atom. The van der Waals surface area contributed by atoms with E-state index in [1.54, 1.807) is 11.3 Å². The summed E-state index contributed by atoms with van der Waals surface area (Å²) in [7, 11) is 0. The van der Waals surface area contributed by atoms with Gasteiger partial charge >= 0.3 is 0 Å². The molecule has 2 aromatic heterocycles. The number of nitrogens with zero attached hydrogens (tertiary/aromatic N) is 4. The Balaban J connectivity index is 1.21. The lowest BCUT2D eigenvalue weighted by molar-refractivity contribution is -0.113. The van der Waals surface area contributed by atoms with Crippen molar-refractivity contribution >= 4 is 44.9 Å². The number of thiazole rings is 1. The van der Waals surface area contributed by atoms with Gasteiger partial charge in [0.15, 0.2) is 11.0 Å². The highest BCUT2D eigenvalue weighted by atomic mass is 32.2. The van der Waals surface area contributed by atoms with Gasteiger partial charge in [0.1, 0.15) is 10.8 Å². The molecule has 5 rings (SSSR count). The van der Waals surface area contributed by atoms with Crippen molar-refractivity contribution in [2.24, 2.45) is 0 Å². The Morgan fingerprint density at radius 3 is 2.49 bits per heavy atom. The van der Waals surface area contributed by atoms with E-state index in [1.165, 1.54) is 22.0 Å². The molecule has 1 amide bonds. The third-order valence-electron chi connectivity index (χ3n) is 5.75. The van der Waals surface area contributed by atoms with Crippen LogP contribution in [0.3, 0.4) is 0 Å². The molecule has 7 nitrogen and oxygen atoms in total. The number of ether oxygens (including phenoxy) is 1. The number of aromatic nitrogens is 4. The minimum atomic E-state index is -0.0958. The number of carbonyl (C=O) groups excluding carboxylic acids is 1. The van der Waals surface area contributed by atoms with Crippen LogP contribution in [0.1, 0.15) is 19.4 Å². The number of carbonyl (C=O) groups is 1. The van der Waals surface area contributed by atoms with E-state index in [0.717, 1.165) is 38.9 Å². The molecule has 0 fully saturated rings. The summed E-state index contributed by atoms with van der Waals surface area (Å²) >= 11 is 3.05. The minimum absolute atomic E-state index is 0.0958. The zero-order chi connectivity index (χ0) is 25.8. The molecule has 0 saturated heterocycles. The Hall–Kier alpha value is -3.69. The van der Waals surface area contributed by atoms with E-state index >= 15 is 0 Å². The molecule has 0 aliphatic rings. The predicted molar refractivity (Wildman–Crippen MR) is 151 cm³/mol. The summed E-state index contributed by atoms with van der Waals surface area (Å²) in [5.74, 6) is 1.74. The van der Waals surface area contributed by atoms with Crippen molar-refractivity contribution < 1.29 is 9.53 Å². The summed E-state index contributed by atoms with van der Waals surface area (Å²) in [5, 5.41) is 13.3. The van der Waals surface area contributed by atoms with Crippen molar-refractivity contribution in [3.63, 3.8) is 0 Å². The molecular formula is C28H27N5O2S2. The first kappa shape index (κ1) is 25.0. The lowest BCUT2D eigenvalue weighted by Crippen LogP contribution is -2.14. The maximum atomic E-state index is 12.7. The summed E-state index contributed by atoms with van der Waals surface area (Å²) in [5.41, 5.74) is 4.97. The largest absolute Gasteiger partial charge is 0.494 e. The van der Waals surface area contributed by atoms with Gasteiger partial charge < -0.3 is 14.6 Å². The minimum Gasteiger partial charge on any atom is -0.494 e. The van der Waals surface area contributed by atoms with Crippen molar-refractivity contribution in [2.75, 3.05) is 17.7 Å². The summed E-state index contributed by atoms with van der Waals surface area (Å²) in [6, 6.07) is 21.9. The Bertz CT molecular complexity index is 1530. The number of thioether (sulfide) groups is 1. The van der Waals surface area contributed by atoms with Crippen molar-refractivity contribution in [2.45, 2.75) is 32.5 Å². The standard InChI is InChI=1S/C28H27N5O2S2/c1-4-33-26(19-9-13-22(14-10-19)35-5-2)31-32-28(33)36-17-25(34)29-21-11-7-20(8-12-21)27-30-23-15-6-18(3)16-24(23)37-27/h6-16H,4-5,17H2,1-3H3,(H,29,34). The molecule has 0 aliphatic heterocycles. The molecular weight excluding hydrogens is 502 g/mol. The van der Waals surface area contributed by atoms with Crippen LogP contribution in [0.4, 0.5) is 5.69 Å². The highest BCUT2D eigenvalue weighted by molar-refractivity contribution is 7.99. The maximum absolute atomic E-state index is 12.7. The Labute approximate surface area is 223 Å². The molecule has 1 N–H and O–H groups in total. The third kappa shape index (κ3) is 5.68. The van der Waals surface area contributed by atoms with Gasteiger partial charge in [0.2, 0.25) is 5.91 Å². The van der Waals surface area contributed by atoms with Crippen LogP contribution < -0.4 is 10.1 Å². The number of anilines is 1. The van der Waals surface area contributed by atoms with E-state index in [1.807, 2.05) is 66.9 Å². The molecule has 0 atom stereocenters. The lowest BCUT2D eigenvalue weighted by Gasteiger charge is -2.09. The van der Waals surface area contributed by atoms with E-state index in [-0.39, 0.29) is 11.7 Å². The lowest BCUT2D eigenvalue weighted by atomic mass is 10.2. The zero-order valence-electron chi connectivity index (χ0n) is 20.9. The summed E-state index contributed by atoms with van der Waals surface area (Å²) in [6.07, 6.45) is 0. The van der Waals surface area contributed by atoms with Gasteiger partial charge in [-0.15, -0.1) is 21.5 Å².